The Labute approximate surface area is 240 Å². The van der Waals surface area contributed by atoms with Crippen molar-refractivity contribution in [2.24, 2.45) is 5.92 Å². The molecule has 8 heteroatoms. The van der Waals surface area contributed by atoms with E-state index in [1.165, 1.54) is 12.1 Å². The van der Waals surface area contributed by atoms with Crippen molar-refractivity contribution in [2.75, 3.05) is 57.8 Å². The molecule has 0 saturated carbocycles. The summed E-state index contributed by atoms with van der Waals surface area (Å²) in [4.78, 5) is 20.4. The lowest BCUT2D eigenvalue weighted by molar-refractivity contribution is -0.137. The molecule has 0 aromatic heterocycles. The van der Waals surface area contributed by atoms with Gasteiger partial charge in [-0.15, -0.1) is 0 Å². The molecule has 5 nitrogen and oxygen atoms in total. The lowest BCUT2D eigenvalue weighted by Crippen LogP contribution is -2.48. The Hall–Kier alpha value is -3.52. The predicted octanol–water partition coefficient (Wildman–Crippen LogP) is 6.27. The minimum Gasteiger partial charge on any atom is -0.497 e. The number of benzene rings is 3. The molecule has 2 saturated heterocycles. The summed E-state index contributed by atoms with van der Waals surface area (Å²) in [7, 11) is 1.66. The third-order valence-electron chi connectivity index (χ3n) is 8.59. The van der Waals surface area contributed by atoms with Gasteiger partial charge in [0.25, 0.3) is 0 Å². The number of carbonyl (C=O) groups excluding carboxylic acids is 1. The number of nitrogens with zero attached hydrogens (tertiary/aromatic N) is 3. The van der Waals surface area contributed by atoms with E-state index < -0.39 is 11.7 Å². The monoisotopic (exact) mass is 565 g/mol. The second-order valence-electron chi connectivity index (χ2n) is 11.1. The van der Waals surface area contributed by atoms with Gasteiger partial charge in [0.05, 0.1) is 18.6 Å². The van der Waals surface area contributed by atoms with Crippen molar-refractivity contribution in [3.05, 3.63) is 95.6 Å². The van der Waals surface area contributed by atoms with Crippen LogP contribution in [0.15, 0.2) is 78.9 Å². The van der Waals surface area contributed by atoms with Gasteiger partial charge >= 0.3 is 6.18 Å². The van der Waals surface area contributed by atoms with Crippen LogP contribution in [0.4, 0.5) is 18.9 Å². The number of ether oxygens (including phenoxy) is 1. The minimum absolute atomic E-state index is 0.0408. The van der Waals surface area contributed by atoms with Gasteiger partial charge in [-0.3, -0.25) is 9.69 Å². The molecule has 3 atom stereocenters. The average Bonchev–Trinajstić information content (AvgIpc) is 3.42. The normalized spacial score (nSPS) is 20.7. The second kappa shape index (κ2) is 12.6. The highest BCUT2D eigenvalue weighted by atomic mass is 19.4. The van der Waals surface area contributed by atoms with E-state index >= 15 is 0 Å². The van der Waals surface area contributed by atoms with E-state index in [0.717, 1.165) is 55.8 Å². The van der Waals surface area contributed by atoms with E-state index in [9.17, 15) is 18.0 Å². The number of halogens is 3. The van der Waals surface area contributed by atoms with Gasteiger partial charge in [0.1, 0.15) is 5.75 Å². The Bertz CT molecular complexity index is 1310. The van der Waals surface area contributed by atoms with E-state index in [4.69, 9.17) is 4.74 Å². The third kappa shape index (κ3) is 6.70. The van der Waals surface area contributed by atoms with Crippen LogP contribution < -0.4 is 9.64 Å². The molecule has 1 amide bonds. The summed E-state index contributed by atoms with van der Waals surface area (Å²) in [5.74, 6) is 0.500. The fourth-order valence-electron chi connectivity index (χ4n) is 6.35. The van der Waals surface area contributed by atoms with Gasteiger partial charge < -0.3 is 14.5 Å². The summed E-state index contributed by atoms with van der Waals surface area (Å²) < 4.78 is 46.2. The molecule has 0 aliphatic carbocycles. The van der Waals surface area contributed by atoms with Crippen molar-refractivity contribution >= 4 is 11.6 Å². The number of piperazine rings is 1. The fraction of sp³-hybridized carbons (Fsp3) is 0.424. The number of likely N-dealkylation sites (tertiary alicyclic amines) is 1. The van der Waals surface area contributed by atoms with Crippen molar-refractivity contribution in [2.45, 2.75) is 31.4 Å². The number of carbonyl (C=O) groups is 1. The van der Waals surface area contributed by atoms with E-state index in [1.54, 1.807) is 13.2 Å². The second-order valence-corrected chi connectivity index (χ2v) is 11.1. The van der Waals surface area contributed by atoms with Crippen LogP contribution in [-0.4, -0.2) is 68.6 Å². The smallest absolute Gasteiger partial charge is 0.416 e. The summed E-state index contributed by atoms with van der Waals surface area (Å²) in [6.07, 6.45) is -3.73. The first kappa shape index (κ1) is 29.0. The maximum absolute atomic E-state index is 13.8. The highest BCUT2D eigenvalue weighted by Gasteiger charge is 2.40. The topological polar surface area (TPSA) is 36.0 Å². The Morgan fingerprint density at radius 2 is 1.66 bits per heavy atom. The summed E-state index contributed by atoms with van der Waals surface area (Å²) in [6.45, 7) is 7.10. The molecule has 0 bridgehead atoms. The van der Waals surface area contributed by atoms with Gasteiger partial charge in [-0.2, -0.15) is 13.2 Å². The average molecular weight is 566 g/mol. The van der Waals surface area contributed by atoms with Crippen LogP contribution in [0, 0.1) is 5.92 Å². The fourth-order valence-corrected chi connectivity index (χ4v) is 6.35. The van der Waals surface area contributed by atoms with Crippen molar-refractivity contribution in [3.63, 3.8) is 0 Å². The third-order valence-corrected chi connectivity index (χ3v) is 8.59. The molecule has 218 valence electrons. The summed E-state index contributed by atoms with van der Waals surface area (Å²) in [5.41, 5.74) is 2.12. The van der Waals surface area contributed by atoms with E-state index in [2.05, 4.69) is 15.9 Å². The number of alkyl halides is 3. The molecule has 0 unspecified atom stereocenters. The molecule has 0 spiro atoms. The van der Waals surface area contributed by atoms with E-state index in [-0.39, 0.29) is 23.7 Å². The molecule has 2 heterocycles. The predicted molar refractivity (Wildman–Crippen MR) is 155 cm³/mol. The summed E-state index contributed by atoms with van der Waals surface area (Å²) in [5, 5.41) is 0. The molecule has 0 N–H and O–H groups in total. The van der Waals surface area contributed by atoms with Gasteiger partial charge in [-0.25, -0.2) is 0 Å². The summed E-state index contributed by atoms with van der Waals surface area (Å²) in [6, 6.07) is 23.5. The zero-order valence-electron chi connectivity index (χ0n) is 23.7. The van der Waals surface area contributed by atoms with Crippen molar-refractivity contribution in [1.82, 2.24) is 9.80 Å². The molecule has 41 heavy (non-hydrogen) atoms. The van der Waals surface area contributed by atoms with Gasteiger partial charge in [-0.05, 0) is 41.7 Å². The Morgan fingerprint density at radius 3 is 2.34 bits per heavy atom. The van der Waals surface area contributed by atoms with Crippen LogP contribution in [0.2, 0.25) is 0 Å². The molecule has 2 aliphatic rings. The molecule has 3 aromatic rings. The molecule has 5 rings (SSSR count). The SMILES string of the molecule is CC[C@H](C(=O)N1C[C@H](CN2CCN(c3cccc(OC)c3)CC2)[C@@H](c2cccc(C(F)(F)F)c2)C1)c1ccccc1. The van der Waals surface area contributed by atoms with Crippen LogP contribution >= 0.6 is 0 Å². The van der Waals surface area contributed by atoms with Crippen molar-refractivity contribution in [3.8, 4) is 5.75 Å². The summed E-state index contributed by atoms with van der Waals surface area (Å²) >= 11 is 0. The Kier molecular flexibility index (Phi) is 8.88. The van der Waals surface area contributed by atoms with Gasteiger partial charge in [0.15, 0.2) is 0 Å². The highest BCUT2D eigenvalue weighted by Crippen LogP contribution is 2.38. The first-order valence-corrected chi connectivity index (χ1v) is 14.4. The molecule has 0 radical (unpaired) electrons. The van der Waals surface area contributed by atoms with Crippen molar-refractivity contribution < 1.29 is 22.7 Å². The van der Waals surface area contributed by atoms with E-state index in [1.807, 2.05) is 60.4 Å². The van der Waals surface area contributed by atoms with Crippen LogP contribution in [0.25, 0.3) is 0 Å². The highest BCUT2D eigenvalue weighted by molar-refractivity contribution is 5.84. The first-order valence-electron chi connectivity index (χ1n) is 14.4. The number of rotatable bonds is 8. The zero-order chi connectivity index (χ0) is 29.0. The first-order chi connectivity index (χ1) is 19.8. The van der Waals surface area contributed by atoms with Crippen LogP contribution in [0.5, 0.6) is 5.75 Å². The molecular weight excluding hydrogens is 527 g/mol. The van der Waals surface area contributed by atoms with Gasteiger partial charge in [0, 0.05) is 63.5 Å². The minimum atomic E-state index is -4.41. The van der Waals surface area contributed by atoms with Crippen LogP contribution in [0.1, 0.15) is 41.9 Å². The maximum Gasteiger partial charge on any atom is 0.416 e. The molecule has 2 fully saturated rings. The number of amides is 1. The van der Waals surface area contributed by atoms with Gasteiger partial charge in [-0.1, -0.05) is 61.5 Å². The lowest BCUT2D eigenvalue weighted by Gasteiger charge is -2.38. The van der Waals surface area contributed by atoms with E-state index in [0.29, 0.717) is 25.1 Å². The number of hydrogen-bond donors (Lipinski definition) is 0. The van der Waals surface area contributed by atoms with Crippen molar-refractivity contribution in [1.29, 1.82) is 0 Å². The number of methoxy groups -OCH3 is 1. The number of anilines is 1. The number of hydrogen-bond acceptors (Lipinski definition) is 4. The zero-order valence-corrected chi connectivity index (χ0v) is 23.7. The van der Waals surface area contributed by atoms with Gasteiger partial charge in [0.2, 0.25) is 5.91 Å². The molecular formula is C33H38F3N3O2. The standard InChI is InChI=1S/C33H38F3N3O2/c1-3-30(24-9-5-4-6-10-24)32(40)39-22-26(31(23-39)25-11-7-12-27(19-25)33(34,35)36)21-37-15-17-38(18-16-37)28-13-8-14-29(20-28)41-2/h4-14,19-20,26,30-31H,3,15-18,21-23H2,1-2H3/t26-,30-,31+/m0/s1. The molecule has 2 aliphatic heterocycles. The lowest BCUT2D eigenvalue weighted by atomic mass is 9.87. The molecule has 3 aromatic carbocycles. The maximum atomic E-state index is 13.8. The Morgan fingerprint density at radius 1 is 0.927 bits per heavy atom. The Balaban J connectivity index is 1.33. The van der Waals surface area contributed by atoms with Crippen LogP contribution in [-0.2, 0) is 11.0 Å². The quantitative estimate of drug-likeness (QED) is 0.323. The van der Waals surface area contributed by atoms with Crippen LogP contribution in [0.3, 0.4) is 0 Å². The largest absolute Gasteiger partial charge is 0.497 e.